The van der Waals surface area contributed by atoms with Crippen LogP contribution in [0.4, 0.5) is 5.69 Å². The molecule has 0 unspecified atom stereocenters. The number of hydrogen-bond donors (Lipinski definition) is 0. The minimum absolute atomic E-state index is 0.597. The minimum Gasteiger partial charge on any atom is -0.481 e. The molecule has 128 valence electrons. The van der Waals surface area contributed by atoms with E-state index in [2.05, 4.69) is 41.1 Å². The Morgan fingerprint density at radius 1 is 1.00 bits per heavy atom. The van der Waals surface area contributed by atoms with Crippen LogP contribution in [0.5, 0.6) is 5.88 Å². The van der Waals surface area contributed by atoms with Gasteiger partial charge in [0.15, 0.2) is 0 Å². The molecule has 0 saturated carbocycles. The molecule has 1 fully saturated rings. The lowest BCUT2D eigenvalue weighted by molar-refractivity contribution is 0.122. The summed E-state index contributed by atoms with van der Waals surface area (Å²) in [5.74, 6) is 0.597. The smallest absolute Gasteiger partial charge is 0.213 e. The summed E-state index contributed by atoms with van der Waals surface area (Å²) in [6.45, 7) is 5.57. The van der Waals surface area contributed by atoms with Crippen molar-refractivity contribution in [2.75, 3.05) is 38.3 Å². The molecule has 0 atom stereocenters. The van der Waals surface area contributed by atoms with Gasteiger partial charge in [0, 0.05) is 30.2 Å². The Morgan fingerprint density at radius 3 is 2.64 bits per heavy atom. The first-order chi connectivity index (χ1) is 12.2. The highest BCUT2D eigenvalue weighted by Gasteiger charge is 2.13. The van der Waals surface area contributed by atoms with Gasteiger partial charge in [-0.1, -0.05) is 6.07 Å². The van der Waals surface area contributed by atoms with Gasteiger partial charge in [0.2, 0.25) is 5.88 Å². The predicted molar refractivity (Wildman–Crippen MR) is 99.3 cm³/mol. The minimum atomic E-state index is 0.597. The number of pyridine rings is 2. The van der Waals surface area contributed by atoms with Crippen molar-refractivity contribution in [1.29, 1.82) is 0 Å². The molecule has 3 heterocycles. The molecule has 0 amide bonds. The van der Waals surface area contributed by atoms with E-state index in [9.17, 15) is 0 Å². The lowest BCUT2D eigenvalue weighted by Gasteiger charge is -2.29. The lowest BCUT2D eigenvalue weighted by Crippen LogP contribution is -2.36. The molecule has 2 aromatic heterocycles. The van der Waals surface area contributed by atoms with Crippen molar-refractivity contribution in [2.45, 2.75) is 6.92 Å². The average Bonchev–Trinajstić information content (AvgIpc) is 2.68. The molecule has 0 bridgehead atoms. The van der Waals surface area contributed by atoms with Crippen LogP contribution in [-0.2, 0) is 4.74 Å². The van der Waals surface area contributed by atoms with Gasteiger partial charge >= 0.3 is 0 Å². The highest BCUT2D eigenvalue weighted by atomic mass is 16.5. The van der Waals surface area contributed by atoms with E-state index in [0.717, 1.165) is 43.2 Å². The largest absolute Gasteiger partial charge is 0.481 e. The van der Waals surface area contributed by atoms with E-state index in [1.165, 1.54) is 16.6 Å². The summed E-state index contributed by atoms with van der Waals surface area (Å²) in [6, 6.07) is 14.3. The number of aromatic nitrogens is 2. The molecule has 5 heteroatoms. The Kier molecular flexibility index (Phi) is 4.24. The predicted octanol–water partition coefficient (Wildman–Crippen LogP) is 3.45. The second-order valence-electron chi connectivity index (χ2n) is 6.19. The number of morpholine rings is 1. The van der Waals surface area contributed by atoms with Crippen molar-refractivity contribution < 1.29 is 9.47 Å². The van der Waals surface area contributed by atoms with Gasteiger partial charge in [-0.3, -0.25) is 0 Å². The van der Waals surface area contributed by atoms with E-state index in [4.69, 9.17) is 14.5 Å². The molecule has 0 spiro atoms. The zero-order valence-electron chi connectivity index (χ0n) is 14.5. The fourth-order valence-corrected chi connectivity index (χ4v) is 3.20. The number of ether oxygens (including phenoxy) is 2. The molecule has 1 aliphatic rings. The number of benzene rings is 1. The highest BCUT2D eigenvalue weighted by molar-refractivity contribution is 5.87. The van der Waals surface area contributed by atoms with Gasteiger partial charge in [-0.15, -0.1) is 0 Å². The van der Waals surface area contributed by atoms with E-state index in [1.807, 2.05) is 18.2 Å². The Labute approximate surface area is 147 Å². The summed E-state index contributed by atoms with van der Waals surface area (Å²) in [5, 5.41) is 1.18. The maximum Gasteiger partial charge on any atom is 0.213 e. The molecule has 0 radical (unpaired) electrons. The Balaban J connectivity index is 1.74. The van der Waals surface area contributed by atoms with Crippen molar-refractivity contribution >= 4 is 16.6 Å². The first kappa shape index (κ1) is 15.8. The molecular weight excluding hydrogens is 314 g/mol. The maximum atomic E-state index is 5.44. The number of methoxy groups -OCH3 is 1. The standard InChI is InChI=1S/C20H21N3O2/c1-14-12-19(18-4-3-5-20(22-18)24-2)21-17-7-6-15(13-16(14)17)23-8-10-25-11-9-23/h3-7,12-13H,8-11H2,1-2H3. The zero-order valence-corrected chi connectivity index (χ0v) is 14.5. The fourth-order valence-electron chi connectivity index (χ4n) is 3.20. The van der Waals surface area contributed by atoms with Crippen LogP contribution in [0, 0.1) is 6.92 Å². The van der Waals surface area contributed by atoms with Gasteiger partial charge in [0.1, 0.15) is 0 Å². The van der Waals surface area contributed by atoms with Crippen LogP contribution < -0.4 is 9.64 Å². The van der Waals surface area contributed by atoms with Crippen molar-refractivity contribution in [2.24, 2.45) is 0 Å². The Hall–Kier alpha value is -2.66. The summed E-state index contributed by atoms with van der Waals surface area (Å²) >= 11 is 0. The normalized spacial score (nSPS) is 14.7. The van der Waals surface area contributed by atoms with E-state index in [-0.39, 0.29) is 0 Å². The molecule has 4 rings (SSSR count). The van der Waals surface area contributed by atoms with Crippen LogP contribution in [0.1, 0.15) is 5.56 Å². The van der Waals surface area contributed by atoms with Crippen LogP contribution in [0.25, 0.3) is 22.3 Å². The van der Waals surface area contributed by atoms with Crippen LogP contribution in [-0.4, -0.2) is 43.4 Å². The molecule has 0 N–H and O–H groups in total. The molecule has 5 nitrogen and oxygen atoms in total. The second-order valence-corrected chi connectivity index (χ2v) is 6.19. The summed E-state index contributed by atoms with van der Waals surface area (Å²) in [5.41, 5.74) is 5.09. The number of aryl methyl sites for hydroxylation is 1. The highest BCUT2D eigenvalue weighted by Crippen LogP contribution is 2.28. The van der Waals surface area contributed by atoms with Crippen molar-refractivity contribution in [3.05, 3.63) is 48.0 Å². The fraction of sp³-hybridized carbons (Fsp3) is 0.300. The Morgan fingerprint density at radius 2 is 1.84 bits per heavy atom. The monoisotopic (exact) mass is 335 g/mol. The third kappa shape index (κ3) is 3.15. The number of fused-ring (bicyclic) bond motifs is 1. The first-order valence-electron chi connectivity index (χ1n) is 8.50. The van der Waals surface area contributed by atoms with Gasteiger partial charge in [0.05, 0.1) is 37.2 Å². The van der Waals surface area contributed by atoms with Crippen molar-refractivity contribution in [3.8, 4) is 17.3 Å². The second kappa shape index (κ2) is 6.69. The number of nitrogens with zero attached hydrogens (tertiary/aromatic N) is 3. The Bertz CT molecular complexity index is 905. The average molecular weight is 335 g/mol. The zero-order chi connectivity index (χ0) is 17.2. The van der Waals surface area contributed by atoms with Gasteiger partial charge in [-0.25, -0.2) is 9.97 Å². The van der Waals surface area contributed by atoms with Crippen LogP contribution in [0.2, 0.25) is 0 Å². The quantitative estimate of drug-likeness (QED) is 0.734. The number of anilines is 1. The molecule has 0 aliphatic carbocycles. The molecule has 3 aromatic rings. The van der Waals surface area contributed by atoms with E-state index < -0.39 is 0 Å². The molecule has 1 saturated heterocycles. The van der Waals surface area contributed by atoms with Gasteiger partial charge < -0.3 is 14.4 Å². The maximum absolute atomic E-state index is 5.44. The van der Waals surface area contributed by atoms with Crippen LogP contribution in [0.3, 0.4) is 0 Å². The van der Waals surface area contributed by atoms with Crippen LogP contribution in [0.15, 0.2) is 42.5 Å². The third-order valence-corrected chi connectivity index (χ3v) is 4.57. The summed E-state index contributed by atoms with van der Waals surface area (Å²) in [7, 11) is 1.62. The molecule has 1 aliphatic heterocycles. The first-order valence-corrected chi connectivity index (χ1v) is 8.50. The van der Waals surface area contributed by atoms with Gasteiger partial charge in [-0.05, 0) is 42.8 Å². The summed E-state index contributed by atoms with van der Waals surface area (Å²) < 4.78 is 10.7. The number of rotatable bonds is 3. The van der Waals surface area contributed by atoms with E-state index in [1.54, 1.807) is 7.11 Å². The van der Waals surface area contributed by atoms with Gasteiger partial charge in [-0.2, -0.15) is 0 Å². The molecule has 1 aromatic carbocycles. The number of hydrogen-bond acceptors (Lipinski definition) is 5. The van der Waals surface area contributed by atoms with Crippen molar-refractivity contribution in [1.82, 2.24) is 9.97 Å². The molecular formula is C20H21N3O2. The molecule has 25 heavy (non-hydrogen) atoms. The van der Waals surface area contributed by atoms with E-state index in [0.29, 0.717) is 5.88 Å². The SMILES string of the molecule is COc1cccc(-c2cc(C)c3cc(N4CCOCC4)ccc3n2)n1. The third-order valence-electron chi connectivity index (χ3n) is 4.57. The summed E-state index contributed by atoms with van der Waals surface area (Å²) in [6.07, 6.45) is 0. The van der Waals surface area contributed by atoms with Crippen molar-refractivity contribution in [3.63, 3.8) is 0 Å². The van der Waals surface area contributed by atoms with E-state index >= 15 is 0 Å². The van der Waals surface area contributed by atoms with Crippen LogP contribution >= 0.6 is 0 Å². The topological polar surface area (TPSA) is 47.5 Å². The summed E-state index contributed by atoms with van der Waals surface area (Å²) in [4.78, 5) is 11.7. The lowest BCUT2D eigenvalue weighted by atomic mass is 10.1. The van der Waals surface area contributed by atoms with Gasteiger partial charge in [0.25, 0.3) is 0 Å².